The number of carbonyl (C=O) groups is 2. The standard InChI is InChI=1S/C22H12FNO6S.C3H6O.C2H6/c23-12-4-2-6-15-11(12)8-17(29-15)21(26)24-13-9-31-20(18(13)22(27)28)16-7-10-3-1-5-14(25)19(10)30-16;1-2-3-4;1-2/h1-9,25H,(H,24,26)(H,27,28);2-4H,1H3;1-2H3/b;3-2+;. The molecule has 0 radical (unpaired) electrons. The number of para-hydroxylation sites is 1. The van der Waals surface area contributed by atoms with Gasteiger partial charge in [0.2, 0.25) is 0 Å². The Morgan fingerprint density at radius 3 is 2.41 bits per heavy atom. The Morgan fingerprint density at radius 2 is 1.78 bits per heavy atom. The van der Waals surface area contributed by atoms with E-state index in [1.54, 1.807) is 31.2 Å². The Bertz CT molecular complexity index is 1570. The third-order valence-electron chi connectivity index (χ3n) is 4.88. The summed E-state index contributed by atoms with van der Waals surface area (Å²) in [7, 11) is 0. The number of allylic oxidation sites excluding steroid dienone is 1. The van der Waals surface area contributed by atoms with E-state index < -0.39 is 17.7 Å². The van der Waals surface area contributed by atoms with Crippen molar-refractivity contribution in [3.8, 4) is 16.4 Å². The minimum Gasteiger partial charge on any atom is -0.516 e. The maximum Gasteiger partial charge on any atom is 0.339 e. The number of hydrogen-bond donors (Lipinski definition) is 4. The van der Waals surface area contributed by atoms with Crippen molar-refractivity contribution in [1.82, 2.24) is 0 Å². The molecule has 0 saturated carbocycles. The van der Waals surface area contributed by atoms with Crippen LogP contribution in [0.5, 0.6) is 5.75 Å². The van der Waals surface area contributed by atoms with Crippen LogP contribution >= 0.6 is 11.3 Å². The molecule has 3 aromatic heterocycles. The zero-order valence-electron chi connectivity index (χ0n) is 20.1. The number of halogens is 1. The lowest BCUT2D eigenvalue weighted by Crippen LogP contribution is -2.13. The molecule has 0 unspecified atom stereocenters. The fourth-order valence-electron chi connectivity index (χ4n) is 3.32. The number of phenolic OH excluding ortho intramolecular Hbond substituents is 1. The summed E-state index contributed by atoms with van der Waals surface area (Å²) in [6.07, 6.45) is 2.56. The van der Waals surface area contributed by atoms with Crippen molar-refractivity contribution in [3.63, 3.8) is 0 Å². The van der Waals surface area contributed by atoms with Crippen LogP contribution in [0.1, 0.15) is 41.7 Å². The number of carboxylic acids is 1. The van der Waals surface area contributed by atoms with Crippen molar-refractivity contribution in [2.24, 2.45) is 0 Å². The van der Waals surface area contributed by atoms with Crippen molar-refractivity contribution in [3.05, 3.63) is 83.4 Å². The number of aromatic carboxylic acids is 1. The number of furan rings is 2. The van der Waals surface area contributed by atoms with Crippen molar-refractivity contribution in [2.75, 3.05) is 5.32 Å². The maximum absolute atomic E-state index is 13.9. The second-order valence-corrected chi connectivity index (χ2v) is 8.04. The van der Waals surface area contributed by atoms with Gasteiger partial charge in [0.1, 0.15) is 22.7 Å². The fourth-order valence-corrected chi connectivity index (χ4v) is 4.27. The van der Waals surface area contributed by atoms with E-state index in [1.807, 2.05) is 13.8 Å². The second-order valence-electron chi connectivity index (χ2n) is 7.16. The number of nitrogens with one attached hydrogen (secondary N) is 1. The van der Waals surface area contributed by atoms with Gasteiger partial charge in [0.15, 0.2) is 17.1 Å². The minimum absolute atomic E-state index is 0.0445. The molecule has 5 rings (SSSR count). The molecule has 0 aliphatic heterocycles. The highest BCUT2D eigenvalue weighted by molar-refractivity contribution is 7.14. The van der Waals surface area contributed by atoms with Gasteiger partial charge in [-0.25, -0.2) is 9.18 Å². The average Bonchev–Trinajstić information content (AvgIpc) is 3.63. The van der Waals surface area contributed by atoms with Crippen LogP contribution in [0, 0.1) is 5.82 Å². The number of thiophene rings is 1. The molecule has 0 fully saturated rings. The molecule has 3 heterocycles. The number of amides is 1. The van der Waals surface area contributed by atoms with Gasteiger partial charge in [-0.1, -0.05) is 38.1 Å². The SMILES string of the molecule is C/C=C/O.CC.O=C(Nc1csc(-c2cc3cccc(O)c3o2)c1C(=O)O)c1cc2c(F)cccc2o1. The predicted octanol–water partition coefficient (Wildman–Crippen LogP) is 7.81. The van der Waals surface area contributed by atoms with Crippen LogP contribution in [0.25, 0.3) is 32.6 Å². The van der Waals surface area contributed by atoms with Crippen LogP contribution in [-0.4, -0.2) is 27.2 Å². The van der Waals surface area contributed by atoms with Crippen molar-refractivity contribution < 1.29 is 38.1 Å². The first-order valence-electron chi connectivity index (χ1n) is 11.2. The van der Waals surface area contributed by atoms with Gasteiger partial charge < -0.3 is 29.5 Å². The highest BCUT2D eigenvalue weighted by atomic mass is 32.1. The Morgan fingerprint density at radius 1 is 1.08 bits per heavy atom. The largest absolute Gasteiger partial charge is 0.516 e. The van der Waals surface area contributed by atoms with Crippen molar-refractivity contribution >= 4 is 50.8 Å². The molecule has 8 nitrogen and oxygen atoms in total. The smallest absolute Gasteiger partial charge is 0.339 e. The lowest BCUT2D eigenvalue weighted by Gasteiger charge is -2.03. The third kappa shape index (κ3) is 5.65. The van der Waals surface area contributed by atoms with Gasteiger partial charge in [-0.3, -0.25) is 4.79 Å². The summed E-state index contributed by atoms with van der Waals surface area (Å²) in [5.74, 6) is -2.50. The van der Waals surface area contributed by atoms with E-state index in [1.165, 1.54) is 35.7 Å². The first-order chi connectivity index (χ1) is 17.8. The number of phenols is 1. The van der Waals surface area contributed by atoms with Gasteiger partial charge in [-0.05, 0) is 31.2 Å². The number of aliphatic hydroxyl groups is 1. The molecule has 37 heavy (non-hydrogen) atoms. The predicted molar refractivity (Wildman–Crippen MR) is 141 cm³/mol. The Labute approximate surface area is 214 Å². The van der Waals surface area contributed by atoms with E-state index in [9.17, 15) is 24.2 Å². The Hall–Kier alpha value is -4.57. The molecule has 0 spiro atoms. The molecule has 192 valence electrons. The monoisotopic (exact) mass is 525 g/mol. The molecule has 0 aliphatic rings. The van der Waals surface area contributed by atoms with Gasteiger partial charge in [0, 0.05) is 16.8 Å². The molecule has 5 aromatic rings. The molecule has 10 heteroatoms. The summed E-state index contributed by atoms with van der Waals surface area (Å²) in [5, 5.41) is 32.1. The number of anilines is 1. The summed E-state index contributed by atoms with van der Waals surface area (Å²) in [5.41, 5.74) is 0.316. The molecular weight excluding hydrogens is 501 g/mol. The highest BCUT2D eigenvalue weighted by Crippen LogP contribution is 2.40. The number of aromatic hydroxyl groups is 1. The Balaban J connectivity index is 0.000000580. The highest BCUT2D eigenvalue weighted by Gasteiger charge is 2.25. The molecular formula is C27H24FNO7S. The zero-order chi connectivity index (χ0) is 27.1. The van der Waals surface area contributed by atoms with Crippen LogP contribution in [0.15, 0.2) is 75.1 Å². The van der Waals surface area contributed by atoms with E-state index in [2.05, 4.69) is 5.32 Å². The number of aliphatic hydroxyl groups excluding tert-OH is 1. The van der Waals surface area contributed by atoms with Gasteiger partial charge in [-0.2, -0.15) is 0 Å². The van der Waals surface area contributed by atoms with Gasteiger partial charge >= 0.3 is 5.97 Å². The van der Waals surface area contributed by atoms with E-state index >= 15 is 0 Å². The van der Waals surface area contributed by atoms with Crippen LogP contribution < -0.4 is 5.32 Å². The molecule has 0 saturated heterocycles. The Kier molecular flexibility index (Phi) is 8.70. The number of fused-ring (bicyclic) bond motifs is 2. The molecule has 0 bridgehead atoms. The first-order valence-corrected chi connectivity index (χ1v) is 12.0. The number of carbonyl (C=O) groups excluding carboxylic acids is 1. The van der Waals surface area contributed by atoms with Crippen LogP contribution in [0.3, 0.4) is 0 Å². The number of carboxylic acid groups (broad SMARTS) is 1. The first kappa shape index (κ1) is 27.0. The third-order valence-corrected chi connectivity index (χ3v) is 5.88. The lowest BCUT2D eigenvalue weighted by atomic mass is 10.1. The molecule has 0 aliphatic carbocycles. The number of benzene rings is 2. The normalized spacial score (nSPS) is 10.6. The van der Waals surface area contributed by atoms with Crippen molar-refractivity contribution in [2.45, 2.75) is 20.8 Å². The summed E-state index contributed by atoms with van der Waals surface area (Å²) in [6.45, 7) is 5.75. The number of hydrogen-bond acceptors (Lipinski definition) is 7. The zero-order valence-corrected chi connectivity index (χ0v) is 20.9. The summed E-state index contributed by atoms with van der Waals surface area (Å²) < 4.78 is 24.9. The van der Waals surface area contributed by atoms with E-state index in [0.29, 0.717) is 5.39 Å². The van der Waals surface area contributed by atoms with Crippen LogP contribution in [0.2, 0.25) is 0 Å². The second kappa shape index (κ2) is 11.9. The van der Waals surface area contributed by atoms with Gasteiger partial charge in [-0.15, -0.1) is 11.3 Å². The van der Waals surface area contributed by atoms with Crippen LogP contribution in [0.4, 0.5) is 10.1 Å². The summed E-state index contributed by atoms with van der Waals surface area (Å²) in [6, 6.07) is 11.9. The molecule has 4 N–H and O–H groups in total. The summed E-state index contributed by atoms with van der Waals surface area (Å²) >= 11 is 1.06. The van der Waals surface area contributed by atoms with E-state index in [0.717, 1.165) is 17.6 Å². The topological polar surface area (TPSA) is 133 Å². The molecule has 1 amide bonds. The quantitative estimate of drug-likeness (QED) is 0.176. The van der Waals surface area contributed by atoms with Gasteiger partial charge in [0.25, 0.3) is 5.91 Å². The van der Waals surface area contributed by atoms with E-state index in [4.69, 9.17) is 13.9 Å². The molecule has 2 aromatic carbocycles. The average molecular weight is 526 g/mol. The lowest BCUT2D eigenvalue weighted by molar-refractivity contribution is 0.0699. The van der Waals surface area contributed by atoms with Crippen LogP contribution in [-0.2, 0) is 0 Å². The number of rotatable bonds is 4. The summed E-state index contributed by atoms with van der Waals surface area (Å²) in [4.78, 5) is 24.9. The minimum atomic E-state index is -1.27. The maximum atomic E-state index is 13.9. The molecule has 0 atom stereocenters. The fraction of sp³-hybridized carbons (Fsp3) is 0.111. The van der Waals surface area contributed by atoms with Gasteiger partial charge in [0.05, 0.1) is 22.2 Å². The van der Waals surface area contributed by atoms with Crippen molar-refractivity contribution in [1.29, 1.82) is 0 Å². The van der Waals surface area contributed by atoms with E-state index in [-0.39, 0.29) is 50.0 Å².